The molecule has 0 aromatic heterocycles. The second-order valence-electron chi connectivity index (χ2n) is 4.27. The van der Waals surface area contributed by atoms with Crippen LogP contribution in [0.15, 0.2) is 18.2 Å². The molecule has 0 fully saturated rings. The van der Waals surface area contributed by atoms with Gasteiger partial charge in [0.1, 0.15) is 0 Å². The molecule has 96 valence electrons. The molecule has 0 heterocycles. The van der Waals surface area contributed by atoms with E-state index in [0.717, 1.165) is 25.3 Å². The number of halogens is 3. The number of hydrogen-bond acceptors (Lipinski definition) is 1. The Morgan fingerprint density at radius 3 is 2.47 bits per heavy atom. The zero-order chi connectivity index (χ0) is 13.1. The third kappa shape index (κ3) is 3.46. The summed E-state index contributed by atoms with van der Waals surface area (Å²) >= 11 is 0. The van der Waals surface area contributed by atoms with Crippen LogP contribution in [0.3, 0.4) is 0 Å². The highest BCUT2D eigenvalue weighted by molar-refractivity contribution is 5.37. The molecule has 1 rings (SSSR count). The summed E-state index contributed by atoms with van der Waals surface area (Å²) < 4.78 is 38.1. The average Bonchev–Trinajstić information content (AvgIpc) is 2.24. The average molecular weight is 245 g/mol. The lowest BCUT2D eigenvalue weighted by molar-refractivity contribution is -0.138. The van der Waals surface area contributed by atoms with E-state index in [4.69, 9.17) is 5.73 Å². The molecule has 0 radical (unpaired) electrons. The van der Waals surface area contributed by atoms with Gasteiger partial charge >= 0.3 is 6.18 Å². The van der Waals surface area contributed by atoms with Gasteiger partial charge in [-0.05, 0) is 30.5 Å². The summed E-state index contributed by atoms with van der Waals surface area (Å²) in [6.45, 7) is 3.52. The lowest BCUT2D eigenvalue weighted by Gasteiger charge is -2.18. The summed E-state index contributed by atoms with van der Waals surface area (Å²) in [5.41, 5.74) is 6.20. The van der Waals surface area contributed by atoms with E-state index in [1.165, 1.54) is 13.0 Å². The maximum Gasteiger partial charge on any atom is 0.416 e. The molecular formula is C13H18F3N. The van der Waals surface area contributed by atoms with Crippen LogP contribution in [-0.2, 0) is 6.18 Å². The van der Waals surface area contributed by atoms with Gasteiger partial charge in [-0.25, -0.2) is 0 Å². The van der Waals surface area contributed by atoms with Crippen molar-refractivity contribution >= 4 is 0 Å². The summed E-state index contributed by atoms with van der Waals surface area (Å²) in [5, 5.41) is 0. The van der Waals surface area contributed by atoms with Crippen LogP contribution in [0.1, 0.15) is 48.9 Å². The Kier molecular flexibility index (Phi) is 4.57. The minimum atomic E-state index is -4.30. The minimum absolute atomic E-state index is 0.253. The summed E-state index contributed by atoms with van der Waals surface area (Å²) in [7, 11) is 0. The molecule has 0 saturated heterocycles. The molecular weight excluding hydrogens is 227 g/mol. The molecule has 4 heteroatoms. The van der Waals surface area contributed by atoms with Gasteiger partial charge < -0.3 is 5.73 Å². The zero-order valence-corrected chi connectivity index (χ0v) is 10.1. The predicted molar refractivity (Wildman–Crippen MR) is 62.6 cm³/mol. The molecule has 0 aliphatic carbocycles. The van der Waals surface area contributed by atoms with Crippen LogP contribution in [-0.4, -0.2) is 0 Å². The van der Waals surface area contributed by atoms with E-state index in [1.54, 1.807) is 6.07 Å². The molecule has 0 aliphatic heterocycles. The first-order valence-corrected chi connectivity index (χ1v) is 5.80. The van der Waals surface area contributed by atoms with E-state index in [2.05, 4.69) is 0 Å². The fourth-order valence-electron chi connectivity index (χ4n) is 1.94. The molecule has 1 nitrogen and oxygen atoms in total. The number of benzene rings is 1. The van der Waals surface area contributed by atoms with E-state index in [1.807, 2.05) is 6.92 Å². The van der Waals surface area contributed by atoms with Crippen LogP contribution in [0.5, 0.6) is 0 Å². The lowest BCUT2D eigenvalue weighted by Crippen LogP contribution is -2.15. The van der Waals surface area contributed by atoms with E-state index >= 15 is 0 Å². The van der Waals surface area contributed by atoms with Crippen molar-refractivity contribution in [2.75, 3.05) is 0 Å². The molecule has 0 aliphatic rings. The summed E-state index contributed by atoms with van der Waals surface area (Å²) in [5.74, 6) is 0. The van der Waals surface area contributed by atoms with E-state index < -0.39 is 11.7 Å². The second kappa shape index (κ2) is 5.54. The maximum absolute atomic E-state index is 12.7. The quantitative estimate of drug-likeness (QED) is 0.845. The zero-order valence-electron chi connectivity index (χ0n) is 10.1. The van der Waals surface area contributed by atoms with Crippen LogP contribution in [0.4, 0.5) is 13.2 Å². The summed E-state index contributed by atoms with van der Waals surface area (Å²) in [4.78, 5) is 0. The first-order valence-electron chi connectivity index (χ1n) is 5.80. The predicted octanol–water partition coefficient (Wildman–Crippen LogP) is 4.20. The van der Waals surface area contributed by atoms with Crippen molar-refractivity contribution < 1.29 is 13.2 Å². The molecule has 0 saturated carbocycles. The van der Waals surface area contributed by atoms with Crippen molar-refractivity contribution in [2.24, 2.45) is 5.73 Å². The SMILES string of the molecule is CCCC[C@H](N)c1cccc(C(F)(F)F)c1C. The van der Waals surface area contributed by atoms with Gasteiger partial charge in [-0.15, -0.1) is 0 Å². The van der Waals surface area contributed by atoms with Gasteiger partial charge in [0.25, 0.3) is 0 Å². The first-order chi connectivity index (χ1) is 7.88. The Morgan fingerprint density at radius 2 is 1.94 bits per heavy atom. The van der Waals surface area contributed by atoms with Gasteiger partial charge in [0.2, 0.25) is 0 Å². The molecule has 1 aromatic carbocycles. The van der Waals surface area contributed by atoms with Gasteiger partial charge in [-0.1, -0.05) is 31.9 Å². The van der Waals surface area contributed by atoms with E-state index in [9.17, 15) is 13.2 Å². The molecule has 0 amide bonds. The smallest absolute Gasteiger partial charge is 0.324 e. The monoisotopic (exact) mass is 245 g/mol. The van der Waals surface area contributed by atoms with E-state index in [0.29, 0.717) is 5.56 Å². The molecule has 1 atom stereocenters. The van der Waals surface area contributed by atoms with Crippen molar-refractivity contribution in [2.45, 2.75) is 45.3 Å². The van der Waals surface area contributed by atoms with Crippen molar-refractivity contribution in [3.05, 3.63) is 34.9 Å². The fourth-order valence-corrected chi connectivity index (χ4v) is 1.94. The van der Waals surface area contributed by atoms with Gasteiger partial charge in [-0.3, -0.25) is 0 Å². The highest BCUT2D eigenvalue weighted by Gasteiger charge is 2.33. The maximum atomic E-state index is 12.7. The Labute approximate surface area is 99.8 Å². The Hall–Kier alpha value is -1.03. The summed E-state index contributed by atoms with van der Waals surface area (Å²) in [6.07, 6.45) is -1.66. The Bertz CT molecular complexity index is 371. The van der Waals surface area contributed by atoms with Crippen molar-refractivity contribution in [3.8, 4) is 0 Å². The van der Waals surface area contributed by atoms with E-state index in [-0.39, 0.29) is 11.6 Å². The number of alkyl halides is 3. The van der Waals surface area contributed by atoms with Crippen molar-refractivity contribution in [3.63, 3.8) is 0 Å². The minimum Gasteiger partial charge on any atom is -0.324 e. The number of hydrogen-bond donors (Lipinski definition) is 1. The topological polar surface area (TPSA) is 26.0 Å². The highest BCUT2D eigenvalue weighted by Crippen LogP contribution is 2.34. The first kappa shape index (κ1) is 14.0. The summed E-state index contributed by atoms with van der Waals surface area (Å²) in [6, 6.07) is 3.91. The Balaban J connectivity index is 3.02. The molecule has 0 bridgehead atoms. The lowest BCUT2D eigenvalue weighted by atomic mass is 9.94. The van der Waals surface area contributed by atoms with Crippen LogP contribution in [0.2, 0.25) is 0 Å². The Morgan fingerprint density at radius 1 is 1.29 bits per heavy atom. The van der Waals surface area contributed by atoms with Gasteiger partial charge in [0.15, 0.2) is 0 Å². The fraction of sp³-hybridized carbons (Fsp3) is 0.538. The van der Waals surface area contributed by atoms with Gasteiger partial charge in [-0.2, -0.15) is 13.2 Å². The van der Waals surface area contributed by atoms with Crippen molar-refractivity contribution in [1.82, 2.24) is 0 Å². The number of nitrogens with two attached hydrogens (primary N) is 1. The molecule has 2 N–H and O–H groups in total. The van der Waals surface area contributed by atoms with Crippen LogP contribution in [0, 0.1) is 6.92 Å². The van der Waals surface area contributed by atoms with Crippen LogP contribution >= 0.6 is 0 Å². The van der Waals surface area contributed by atoms with Gasteiger partial charge in [0.05, 0.1) is 5.56 Å². The molecule has 0 spiro atoms. The number of rotatable bonds is 4. The number of unbranched alkanes of at least 4 members (excludes halogenated alkanes) is 1. The molecule has 17 heavy (non-hydrogen) atoms. The van der Waals surface area contributed by atoms with Gasteiger partial charge in [0, 0.05) is 6.04 Å². The van der Waals surface area contributed by atoms with Crippen LogP contribution in [0.25, 0.3) is 0 Å². The normalized spacial score (nSPS) is 13.8. The third-order valence-corrected chi connectivity index (χ3v) is 2.95. The molecule has 1 aromatic rings. The third-order valence-electron chi connectivity index (χ3n) is 2.95. The highest BCUT2D eigenvalue weighted by atomic mass is 19.4. The van der Waals surface area contributed by atoms with Crippen LogP contribution < -0.4 is 5.73 Å². The second-order valence-corrected chi connectivity index (χ2v) is 4.27. The standard InChI is InChI=1S/C13H18F3N/c1-3-4-8-12(17)10-6-5-7-11(9(10)2)13(14,15)16/h5-7,12H,3-4,8,17H2,1-2H3/t12-/m0/s1. The molecule has 0 unspecified atom stereocenters. The largest absolute Gasteiger partial charge is 0.416 e. The van der Waals surface area contributed by atoms with Crippen molar-refractivity contribution in [1.29, 1.82) is 0 Å².